The maximum atomic E-state index is 16.3. The fourth-order valence-corrected chi connectivity index (χ4v) is 9.96. The molecule has 0 N–H and O–H groups in total. The van der Waals surface area contributed by atoms with Crippen molar-refractivity contribution in [2.75, 3.05) is 19.6 Å². The van der Waals surface area contributed by atoms with Crippen LogP contribution in [0.25, 0.3) is 27.5 Å². The number of benzene rings is 11. The summed E-state index contributed by atoms with van der Waals surface area (Å²) >= 11 is 0. The maximum Gasteiger partial charge on any atom is 0.147 e. The number of rotatable bonds is 13. The zero-order valence-electron chi connectivity index (χ0n) is 39.6. The van der Waals surface area contributed by atoms with Gasteiger partial charge in [-0.25, -0.2) is 8.78 Å². The number of fused-ring (bicyclic) bond motifs is 3. The van der Waals surface area contributed by atoms with Crippen LogP contribution in [0.15, 0.2) is 285 Å². The van der Waals surface area contributed by atoms with Gasteiger partial charge in [0, 0.05) is 73.3 Å². The molecule has 0 aliphatic carbocycles. The molecule has 0 radical (unpaired) electrons. The number of halogens is 2. The summed E-state index contributed by atoms with van der Waals surface area (Å²) < 4.78 is 34.9. The summed E-state index contributed by atoms with van der Waals surface area (Å²) in [5.41, 5.74) is 12.9. The van der Waals surface area contributed by atoms with E-state index < -0.39 is 0 Å². The standard InChI is InChI=1S/C66H47F2N5/c67-61-30-16-18-32-65(61)71(55-38-34-53(35-39-55)69(48-20-6-1-7-21-48)49-22-8-2-9-23-49)57-42-44-63-59(46-57)60-47-58(43-45-64(60)73(63)52-28-14-5-15-29-52)72(66-33-19-17-31-62(66)68)56-40-36-54(37-41-56)70(50-24-10-3-11-25-50)51-26-12-4-13-27-51/h1-47H. The van der Waals surface area contributed by atoms with Gasteiger partial charge >= 0.3 is 0 Å². The molecule has 11 aromatic carbocycles. The Morgan fingerprint density at radius 3 is 0.822 bits per heavy atom. The summed E-state index contributed by atoms with van der Waals surface area (Å²) in [5, 5.41) is 1.89. The zero-order valence-corrected chi connectivity index (χ0v) is 39.6. The van der Waals surface area contributed by atoms with Gasteiger partial charge in [0.15, 0.2) is 0 Å². The minimum Gasteiger partial charge on any atom is -0.311 e. The van der Waals surface area contributed by atoms with Crippen molar-refractivity contribution in [1.29, 1.82) is 0 Å². The third-order valence-electron chi connectivity index (χ3n) is 13.2. The Hall–Kier alpha value is -9.72. The van der Waals surface area contributed by atoms with E-state index in [4.69, 9.17) is 0 Å². The predicted molar refractivity (Wildman–Crippen MR) is 299 cm³/mol. The maximum absolute atomic E-state index is 16.3. The highest BCUT2D eigenvalue weighted by Crippen LogP contribution is 2.45. The Balaban J connectivity index is 1.01. The van der Waals surface area contributed by atoms with E-state index in [1.807, 2.05) is 149 Å². The van der Waals surface area contributed by atoms with Gasteiger partial charge in [0.05, 0.1) is 22.4 Å². The van der Waals surface area contributed by atoms with Crippen LogP contribution in [0.1, 0.15) is 0 Å². The third kappa shape index (κ3) is 8.59. The van der Waals surface area contributed by atoms with Gasteiger partial charge in [-0.1, -0.05) is 115 Å². The molecule has 12 rings (SSSR count). The van der Waals surface area contributed by atoms with Gasteiger partial charge in [-0.05, 0) is 170 Å². The summed E-state index contributed by atoms with van der Waals surface area (Å²) in [7, 11) is 0. The normalized spacial score (nSPS) is 11.2. The van der Waals surface area contributed by atoms with Gasteiger partial charge in [-0.2, -0.15) is 0 Å². The molecule has 0 saturated carbocycles. The number of anilines is 12. The van der Waals surface area contributed by atoms with Crippen LogP contribution in [0.4, 0.5) is 77.0 Å². The van der Waals surface area contributed by atoms with Crippen molar-refractivity contribution in [3.63, 3.8) is 0 Å². The summed E-state index contributed by atoms with van der Waals surface area (Å²) in [6.07, 6.45) is 0. The molecular formula is C66H47F2N5. The van der Waals surface area contributed by atoms with E-state index in [0.29, 0.717) is 11.4 Å². The van der Waals surface area contributed by atoms with Crippen LogP contribution >= 0.6 is 0 Å². The van der Waals surface area contributed by atoms with E-state index in [0.717, 1.165) is 84.4 Å². The van der Waals surface area contributed by atoms with Gasteiger partial charge in [-0.3, -0.25) is 0 Å². The molecule has 0 unspecified atom stereocenters. The summed E-state index contributed by atoms with van der Waals surface area (Å²) in [6.45, 7) is 0. The highest BCUT2D eigenvalue weighted by Gasteiger charge is 2.23. The van der Waals surface area contributed by atoms with Crippen LogP contribution in [0.5, 0.6) is 0 Å². The summed E-state index contributed by atoms with van der Waals surface area (Å²) in [5.74, 6) is -0.698. The quantitative estimate of drug-likeness (QED) is 0.115. The molecule has 0 aliphatic rings. The van der Waals surface area contributed by atoms with E-state index in [1.54, 1.807) is 12.1 Å². The Kier molecular flexibility index (Phi) is 11.9. The molecule has 73 heavy (non-hydrogen) atoms. The lowest BCUT2D eigenvalue weighted by atomic mass is 10.1. The first-order valence-electron chi connectivity index (χ1n) is 24.3. The fourth-order valence-electron chi connectivity index (χ4n) is 9.96. The van der Waals surface area contributed by atoms with Crippen molar-refractivity contribution in [2.45, 2.75) is 0 Å². The lowest BCUT2D eigenvalue weighted by Crippen LogP contribution is -2.13. The first kappa shape index (κ1) is 44.5. The third-order valence-corrected chi connectivity index (χ3v) is 13.2. The zero-order chi connectivity index (χ0) is 49.1. The molecule has 0 bridgehead atoms. The van der Waals surface area contributed by atoms with Crippen LogP contribution in [0.3, 0.4) is 0 Å². The van der Waals surface area contributed by atoms with Gasteiger partial charge in [0.2, 0.25) is 0 Å². The van der Waals surface area contributed by atoms with E-state index >= 15 is 8.78 Å². The second-order valence-corrected chi connectivity index (χ2v) is 17.7. The van der Waals surface area contributed by atoms with Crippen LogP contribution in [-0.4, -0.2) is 4.57 Å². The molecule has 0 amide bonds. The Morgan fingerprint density at radius 2 is 0.493 bits per heavy atom. The molecule has 5 nitrogen and oxygen atoms in total. The topological polar surface area (TPSA) is 17.9 Å². The molecule has 7 heteroatoms. The van der Waals surface area contributed by atoms with Gasteiger partial charge in [0.25, 0.3) is 0 Å². The Bertz CT molecular complexity index is 3500. The van der Waals surface area contributed by atoms with Gasteiger partial charge in [0.1, 0.15) is 11.6 Å². The highest BCUT2D eigenvalue weighted by atomic mass is 19.1. The number of hydrogen-bond acceptors (Lipinski definition) is 4. The molecule has 0 atom stereocenters. The SMILES string of the molecule is Fc1ccccc1N(c1ccc(N(c2ccccc2)c2ccccc2)cc1)c1ccc2c(c1)c1cc(N(c3ccc(N(c4ccccc4)c4ccccc4)cc3)c3ccccc3F)ccc1n2-c1ccccc1. The largest absolute Gasteiger partial charge is 0.311 e. The number of para-hydroxylation sites is 7. The van der Waals surface area contributed by atoms with Crippen LogP contribution in [-0.2, 0) is 0 Å². The van der Waals surface area contributed by atoms with Gasteiger partial charge < -0.3 is 24.2 Å². The lowest BCUT2D eigenvalue weighted by molar-refractivity contribution is 0.628. The first-order valence-corrected chi connectivity index (χ1v) is 24.3. The molecule has 0 aliphatic heterocycles. The average molecular weight is 948 g/mol. The highest BCUT2D eigenvalue weighted by molar-refractivity contribution is 6.12. The fraction of sp³-hybridized carbons (Fsp3) is 0. The molecule has 1 aromatic heterocycles. The van der Waals surface area contributed by atoms with Crippen molar-refractivity contribution >= 4 is 90.1 Å². The molecule has 350 valence electrons. The van der Waals surface area contributed by atoms with Gasteiger partial charge in [-0.15, -0.1) is 0 Å². The van der Waals surface area contributed by atoms with Crippen LogP contribution in [0, 0.1) is 11.6 Å². The minimum atomic E-state index is -0.349. The lowest BCUT2D eigenvalue weighted by Gasteiger charge is -2.28. The second kappa shape index (κ2) is 19.6. The Labute approximate surface area is 423 Å². The van der Waals surface area contributed by atoms with Crippen LogP contribution in [0.2, 0.25) is 0 Å². The van der Waals surface area contributed by atoms with Crippen molar-refractivity contribution < 1.29 is 8.78 Å². The van der Waals surface area contributed by atoms with Crippen LogP contribution < -0.4 is 19.6 Å². The smallest absolute Gasteiger partial charge is 0.147 e. The summed E-state index contributed by atoms with van der Waals surface area (Å²) in [6, 6.07) is 94.4. The number of aromatic nitrogens is 1. The summed E-state index contributed by atoms with van der Waals surface area (Å²) in [4.78, 5) is 8.38. The number of hydrogen-bond donors (Lipinski definition) is 0. The van der Waals surface area contributed by atoms with Crippen molar-refractivity contribution in [1.82, 2.24) is 4.57 Å². The molecular weight excluding hydrogens is 901 g/mol. The minimum absolute atomic E-state index is 0.349. The van der Waals surface area contributed by atoms with E-state index in [9.17, 15) is 0 Å². The molecule has 0 fully saturated rings. The van der Waals surface area contributed by atoms with Crippen molar-refractivity contribution in [3.8, 4) is 5.69 Å². The molecule has 0 saturated heterocycles. The molecule has 12 aromatic rings. The average Bonchev–Trinajstić information content (AvgIpc) is 3.78. The number of nitrogens with zero attached hydrogens (tertiary/aromatic N) is 5. The second-order valence-electron chi connectivity index (χ2n) is 17.7. The molecule has 1 heterocycles. The van der Waals surface area contributed by atoms with Crippen molar-refractivity contribution in [3.05, 3.63) is 297 Å². The van der Waals surface area contributed by atoms with E-state index in [2.05, 4.69) is 136 Å². The first-order chi connectivity index (χ1) is 36.1. The van der Waals surface area contributed by atoms with Crippen molar-refractivity contribution in [2.24, 2.45) is 0 Å². The monoisotopic (exact) mass is 947 g/mol. The predicted octanol–water partition coefficient (Wildman–Crippen LogP) is 18.9. The molecule has 0 spiro atoms. The van der Waals surface area contributed by atoms with E-state index in [-0.39, 0.29) is 11.6 Å². The van der Waals surface area contributed by atoms with E-state index in [1.165, 1.54) is 12.1 Å². The Morgan fingerprint density at radius 1 is 0.233 bits per heavy atom.